The predicted octanol–water partition coefficient (Wildman–Crippen LogP) is 4.67. The fourth-order valence-corrected chi connectivity index (χ4v) is 4.22. The summed E-state index contributed by atoms with van der Waals surface area (Å²) < 4.78 is 7.52. The summed E-state index contributed by atoms with van der Waals surface area (Å²) in [7, 11) is 3.75. The van der Waals surface area contributed by atoms with E-state index in [9.17, 15) is 0 Å². The molecule has 0 bridgehead atoms. The number of hydrogen-bond donors (Lipinski definition) is 3. The maximum atomic E-state index is 6.35. The number of nitrogens with zero attached hydrogens (tertiary/aromatic N) is 3. The molecule has 0 aliphatic carbocycles. The number of anilines is 2. The van der Waals surface area contributed by atoms with E-state index in [-0.39, 0.29) is 0 Å². The van der Waals surface area contributed by atoms with E-state index in [1.807, 2.05) is 24.4 Å². The molecule has 5 rings (SSSR count). The summed E-state index contributed by atoms with van der Waals surface area (Å²) in [6, 6.07) is 14.4. The molecule has 0 radical (unpaired) electrons. The number of ether oxygens (including phenoxy) is 1. The Morgan fingerprint density at radius 1 is 1.12 bits per heavy atom. The SMILES string of the molecule is COc1ccc2[nH]cc(CCNc3ncc(-c4cccc5c4cc(C)n5C)c(N)n3)c2c1. The molecule has 3 aromatic heterocycles. The minimum atomic E-state index is 0.466. The molecule has 7 heteroatoms. The van der Waals surface area contributed by atoms with E-state index in [0.717, 1.165) is 45.1 Å². The van der Waals surface area contributed by atoms with Crippen molar-refractivity contribution in [3.8, 4) is 16.9 Å². The molecule has 162 valence electrons. The lowest BCUT2D eigenvalue weighted by molar-refractivity contribution is 0.415. The second-order valence-corrected chi connectivity index (χ2v) is 7.98. The number of aromatic nitrogens is 4. The van der Waals surface area contributed by atoms with E-state index < -0.39 is 0 Å². The van der Waals surface area contributed by atoms with E-state index in [2.05, 4.69) is 63.1 Å². The van der Waals surface area contributed by atoms with E-state index in [1.54, 1.807) is 13.3 Å². The monoisotopic (exact) mass is 426 g/mol. The summed E-state index contributed by atoms with van der Waals surface area (Å²) in [6.07, 6.45) is 4.66. The van der Waals surface area contributed by atoms with E-state index in [4.69, 9.17) is 10.5 Å². The third-order valence-corrected chi connectivity index (χ3v) is 6.09. The van der Waals surface area contributed by atoms with Gasteiger partial charge in [-0.2, -0.15) is 4.98 Å². The van der Waals surface area contributed by atoms with Crippen molar-refractivity contribution < 1.29 is 4.74 Å². The number of hydrogen-bond acceptors (Lipinski definition) is 5. The molecule has 4 N–H and O–H groups in total. The number of nitrogens with two attached hydrogens (primary N) is 1. The van der Waals surface area contributed by atoms with Crippen LogP contribution in [0.2, 0.25) is 0 Å². The predicted molar refractivity (Wildman–Crippen MR) is 130 cm³/mol. The van der Waals surface area contributed by atoms with Gasteiger partial charge in [-0.15, -0.1) is 0 Å². The summed E-state index contributed by atoms with van der Waals surface area (Å²) in [5, 5.41) is 5.61. The Kier molecular flexibility index (Phi) is 4.93. The fraction of sp³-hybridized carbons (Fsp3) is 0.200. The van der Waals surface area contributed by atoms with Crippen LogP contribution >= 0.6 is 0 Å². The van der Waals surface area contributed by atoms with Gasteiger partial charge in [-0.3, -0.25) is 0 Å². The van der Waals surface area contributed by atoms with Crippen LogP contribution < -0.4 is 15.8 Å². The number of nitrogen functional groups attached to an aromatic ring is 1. The van der Waals surface area contributed by atoms with Crippen LogP contribution in [0.3, 0.4) is 0 Å². The molecule has 2 aromatic carbocycles. The Morgan fingerprint density at radius 2 is 2.00 bits per heavy atom. The number of aromatic amines is 1. The van der Waals surface area contributed by atoms with Crippen molar-refractivity contribution >= 4 is 33.6 Å². The van der Waals surface area contributed by atoms with Crippen molar-refractivity contribution in [2.45, 2.75) is 13.3 Å². The molecule has 0 unspecified atom stereocenters. The van der Waals surface area contributed by atoms with Crippen LogP contribution in [0.1, 0.15) is 11.3 Å². The van der Waals surface area contributed by atoms with Crippen molar-refractivity contribution in [3.05, 3.63) is 66.1 Å². The lowest BCUT2D eigenvalue weighted by Gasteiger charge is -2.10. The van der Waals surface area contributed by atoms with Gasteiger partial charge in [0.05, 0.1) is 7.11 Å². The minimum absolute atomic E-state index is 0.466. The van der Waals surface area contributed by atoms with Gasteiger partial charge in [0.15, 0.2) is 0 Å². The molecule has 0 fully saturated rings. The van der Waals surface area contributed by atoms with Crippen molar-refractivity contribution in [1.29, 1.82) is 0 Å². The van der Waals surface area contributed by atoms with Gasteiger partial charge in [-0.1, -0.05) is 12.1 Å². The molecule has 0 spiro atoms. The van der Waals surface area contributed by atoms with Gasteiger partial charge in [0.25, 0.3) is 0 Å². The summed E-state index contributed by atoms with van der Waals surface area (Å²) >= 11 is 0. The van der Waals surface area contributed by atoms with Crippen LogP contribution in [-0.4, -0.2) is 33.2 Å². The molecule has 3 heterocycles. The second-order valence-electron chi connectivity index (χ2n) is 7.98. The van der Waals surface area contributed by atoms with Crippen LogP contribution in [0.4, 0.5) is 11.8 Å². The Hall–Kier alpha value is -4.00. The number of fused-ring (bicyclic) bond motifs is 2. The van der Waals surface area contributed by atoms with Gasteiger partial charge < -0.3 is 25.3 Å². The summed E-state index contributed by atoms with van der Waals surface area (Å²) in [5.74, 6) is 1.84. The zero-order valence-electron chi connectivity index (χ0n) is 18.4. The van der Waals surface area contributed by atoms with Gasteiger partial charge in [0.2, 0.25) is 5.95 Å². The first-order chi connectivity index (χ1) is 15.5. The zero-order valence-corrected chi connectivity index (χ0v) is 18.4. The first-order valence-corrected chi connectivity index (χ1v) is 10.6. The molecule has 32 heavy (non-hydrogen) atoms. The molecule has 5 aromatic rings. The molecule has 0 saturated heterocycles. The number of nitrogens with one attached hydrogen (secondary N) is 2. The number of benzene rings is 2. The molecule has 0 atom stereocenters. The van der Waals surface area contributed by atoms with E-state index >= 15 is 0 Å². The Balaban J connectivity index is 1.34. The van der Waals surface area contributed by atoms with Crippen LogP contribution in [0, 0.1) is 6.92 Å². The Morgan fingerprint density at radius 3 is 2.81 bits per heavy atom. The molecule has 0 aliphatic heterocycles. The van der Waals surface area contributed by atoms with Crippen LogP contribution in [0.15, 0.2) is 54.9 Å². The topological polar surface area (TPSA) is 93.8 Å². The van der Waals surface area contributed by atoms with Gasteiger partial charge in [0.1, 0.15) is 11.6 Å². The average Bonchev–Trinajstić information content (AvgIpc) is 3.34. The maximum absolute atomic E-state index is 6.35. The summed E-state index contributed by atoms with van der Waals surface area (Å²) in [4.78, 5) is 12.3. The number of rotatable bonds is 6. The number of methoxy groups -OCH3 is 1. The van der Waals surface area contributed by atoms with Crippen molar-refractivity contribution in [2.75, 3.05) is 24.7 Å². The first-order valence-electron chi connectivity index (χ1n) is 10.6. The highest BCUT2D eigenvalue weighted by Gasteiger charge is 2.13. The second kappa shape index (κ2) is 7.92. The smallest absolute Gasteiger partial charge is 0.224 e. The van der Waals surface area contributed by atoms with Crippen molar-refractivity contribution in [3.63, 3.8) is 0 Å². The quantitative estimate of drug-likeness (QED) is 0.367. The van der Waals surface area contributed by atoms with E-state index in [1.165, 1.54) is 11.3 Å². The highest BCUT2D eigenvalue weighted by Crippen LogP contribution is 2.33. The Bertz CT molecular complexity index is 1430. The highest BCUT2D eigenvalue weighted by atomic mass is 16.5. The third-order valence-electron chi connectivity index (χ3n) is 6.09. The van der Waals surface area contributed by atoms with Crippen molar-refractivity contribution in [2.24, 2.45) is 7.05 Å². The van der Waals surface area contributed by atoms with Crippen LogP contribution in [0.25, 0.3) is 32.9 Å². The molecular weight excluding hydrogens is 400 g/mol. The summed E-state index contributed by atoms with van der Waals surface area (Å²) in [5.41, 5.74) is 12.9. The van der Waals surface area contributed by atoms with Crippen molar-refractivity contribution in [1.82, 2.24) is 19.5 Å². The summed E-state index contributed by atoms with van der Waals surface area (Å²) in [6.45, 7) is 2.79. The Labute approximate surface area is 186 Å². The highest BCUT2D eigenvalue weighted by molar-refractivity contribution is 5.98. The largest absolute Gasteiger partial charge is 0.497 e. The fourth-order valence-electron chi connectivity index (χ4n) is 4.22. The lowest BCUT2D eigenvalue weighted by atomic mass is 10.0. The first kappa shape index (κ1) is 19.9. The third kappa shape index (κ3) is 3.41. The van der Waals surface area contributed by atoms with Gasteiger partial charge in [0, 0.05) is 59.0 Å². The molecule has 7 nitrogen and oxygen atoms in total. The van der Waals surface area contributed by atoms with Crippen LogP contribution in [-0.2, 0) is 13.5 Å². The van der Waals surface area contributed by atoms with Gasteiger partial charge in [-0.25, -0.2) is 4.98 Å². The van der Waals surface area contributed by atoms with E-state index in [0.29, 0.717) is 18.3 Å². The average molecular weight is 427 g/mol. The molecule has 0 saturated carbocycles. The maximum Gasteiger partial charge on any atom is 0.224 e. The minimum Gasteiger partial charge on any atom is -0.497 e. The molecule has 0 amide bonds. The standard InChI is InChI=1S/C25H26N6O/c1-15-11-20-18(5-4-6-23(20)31(15)2)21-14-29-25(30-24(21)26)27-10-9-16-13-28-22-8-7-17(32-3)12-19(16)22/h4-8,11-14,28H,9-10H2,1-3H3,(H3,26,27,29,30). The van der Waals surface area contributed by atoms with Gasteiger partial charge in [-0.05, 0) is 54.8 Å². The van der Waals surface area contributed by atoms with Gasteiger partial charge >= 0.3 is 0 Å². The number of aryl methyl sites for hydroxylation is 2. The number of H-pyrrole nitrogens is 1. The zero-order chi connectivity index (χ0) is 22.2. The van der Waals surface area contributed by atoms with Crippen LogP contribution in [0.5, 0.6) is 5.75 Å². The normalized spacial score (nSPS) is 11.3. The molecule has 0 aliphatic rings. The lowest BCUT2D eigenvalue weighted by Crippen LogP contribution is -2.09. The molecular formula is C25H26N6O.